The van der Waals surface area contributed by atoms with Gasteiger partial charge in [-0.1, -0.05) is 262 Å². The second-order valence-corrected chi connectivity index (χ2v) is 18.6. The number of rotatable bonds is 50. The number of hydrogen-bond acceptors (Lipinski definition) is 3. The van der Waals surface area contributed by atoms with Crippen molar-refractivity contribution in [3.8, 4) is 0 Å². The maximum atomic E-state index is 12.5. The Morgan fingerprint density at radius 3 is 1.01 bits per heavy atom. The van der Waals surface area contributed by atoms with Crippen LogP contribution in [0.3, 0.4) is 0 Å². The van der Waals surface area contributed by atoms with Gasteiger partial charge in [-0.25, -0.2) is 0 Å². The molecule has 0 aliphatic heterocycles. The van der Waals surface area contributed by atoms with Crippen LogP contribution < -0.4 is 5.32 Å². The smallest absolute Gasteiger partial charge is 0.220 e. The van der Waals surface area contributed by atoms with Gasteiger partial charge in [-0.3, -0.25) is 4.79 Å². The second-order valence-electron chi connectivity index (χ2n) is 18.6. The lowest BCUT2D eigenvalue weighted by Gasteiger charge is -2.19. The van der Waals surface area contributed by atoms with Gasteiger partial charge in [0.15, 0.2) is 0 Å². The van der Waals surface area contributed by atoms with Gasteiger partial charge in [0.2, 0.25) is 5.91 Å². The molecule has 0 saturated carbocycles. The number of nitrogens with one attached hydrogen (secondary N) is 1. The Kier molecular flexibility index (Phi) is 55.4. The number of aliphatic hydroxyl groups is 2. The van der Waals surface area contributed by atoms with E-state index in [9.17, 15) is 15.0 Å². The fourth-order valence-electron chi connectivity index (χ4n) is 7.73. The molecule has 0 aromatic rings. The van der Waals surface area contributed by atoms with E-state index in [0.717, 1.165) is 116 Å². The van der Waals surface area contributed by atoms with Crippen molar-refractivity contribution >= 4 is 5.91 Å². The maximum absolute atomic E-state index is 12.5. The van der Waals surface area contributed by atoms with Crippen LogP contribution in [-0.4, -0.2) is 34.9 Å². The number of carbonyl (C=O) groups excluding carboxylic acids is 1. The second kappa shape index (κ2) is 58.6. The Balaban J connectivity index is 3.71. The van der Waals surface area contributed by atoms with E-state index in [1.165, 1.54) is 103 Å². The number of allylic oxidation sites excluding steroid dienone is 23. The zero-order chi connectivity index (χ0) is 49.9. The summed E-state index contributed by atoms with van der Waals surface area (Å²) in [5.41, 5.74) is 0. The quantitative estimate of drug-likeness (QED) is 0.0420. The molecule has 69 heavy (non-hydrogen) atoms. The molecule has 0 aliphatic carbocycles. The molecule has 4 nitrogen and oxygen atoms in total. The Hall–Kier alpha value is -3.73. The fourth-order valence-corrected chi connectivity index (χ4v) is 7.73. The first-order valence-corrected chi connectivity index (χ1v) is 28.5. The van der Waals surface area contributed by atoms with Gasteiger partial charge in [-0.15, -0.1) is 0 Å². The van der Waals surface area contributed by atoms with Gasteiger partial charge in [0.05, 0.1) is 18.8 Å². The Bertz CT molecular complexity index is 1450. The molecule has 0 spiro atoms. The van der Waals surface area contributed by atoms with Crippen LogP contribution in [0.2, 0.25) is 0 Å². The lowest BCUT2D eigenvalue weighted by molar-refractivity contribution is -0.123. The number of amides is 1. The summed E-state index contributed by atoms with van der Waals surface area (Å²) < 4.78 is 0. The third-order valence-corrected chi connectivity index (χ3v) is 12.0. The van der Waals surface area contributed by atoms with E-state index >= 15 is 0 Å². The molecule has 0 rings (SSSR count). The van der Waals surface area contributed by atoms with Crippen LogP contribution in [-0.2, 0) is 4.79 Å². The zero-order valence-corrected chi connectivity index (χ0v) is 44.8. The molecule has 390 valence electrons. The Morgan fingerprint density at radius 1 is 0.362 bits per heavy atom. The summed E-state index contributed by atoms with van der Waals surface area (Å²) in [6.07, 6.45) is 92.8. The first kappa shape index (κ1) is 65.3. The third kappa shape index (κ3) is 55.1. The van der Waals surface area contributed by atoms with Crippen LogP contribution in [0.5, 0.6) is 0 Å². The maximum Gasteiger partial charge on any atom is 0.220 e. The van der Waals surface area contributed by atoms with Gasteiger partial charge >= 0.3 is 0 Å². The molecular weight excluding hydrogens is 843 g/mol. The Morgan fingerprint density at radius 2 is 0.652 bits per heavy atom. The van der Waals surface area contributed by atoms with Gasteiger partial charge in [-0.05, 0) is 116 Å². The predicted octanol–water partition coefficient (Wildman–Crippen LogP) is 19.2. The summed E-state index contributed by atoms with van der Waals surface area (Å²) in [5.74, 6) is -0.102. The standard InChI is InChI=1S/C65H107NO3/c1-3-5-7-9-11-13-15-17-19-21-23-25-27-29-30-31-32-33-34-35-36-37-39-41-43-45-47-49-51-53-55-57-59-61-65(69)66-63(62-67)64(68)60-58-56-54-52-50-48-46-44-42-40-38-28-26-24-22-20-18-16-14-12-10-8-6-4-2/h5,7,11,13,17,19,23,25,29-30,32-33,35-36,39,41-42,44-45,47,50,52,58,60,63-64,67-68H,3-4,6,8-10,12,14-16,18,20-22,24,26-28,31,34,37-38,40,43,46,48-49,51,53-57,59,61-62H2,1-2H3,(H,66,69)/b7-5-,13-11-,19-17-,25-23-,30-29-,33-32-,36-35-,41-39-,44-42+,47-45-,52-50+,60-58+. The van der Waals surface area contributed by atoms with Crippen molar-refractivity contribution in [1.82, 2.24) is 5.32 Å². The fraction of sp³-hybridized carbons (Fsp3) is 0.615. The minimum absolute atomic E-state index is 0.102. The molecule has 3 N–H and O–H groups in total. The molecule has 4 heteroatoms. The van der Waals surface area contributed by atoms with Crippen molar-refractivity contribution in [2.24, 2.45) is 0 Å². The van der Waals surface area contributed by atoms with E-state index in [0.29, 0.717) is 6.42 Å². The highest BCUT2D eigenvalue weighted by molar-refractivity contribution is 5.76. The molecule has 0 bridgehead atoms. The van der Waals surface area contributed by atoms with Crippen LogP contribution in [0.15, 0.2) is 146 Å². The van der Waals surface area contributed by atoms with E-state index < -0.39 is 12.1 Å². The normalized spacial score (nSPS) is 14.0. The highest BCUT2D eigenvalue weighted by Gasteiger charge is 2.17. The molecule has 0 aromatic heterocycles. The summed E-state index contributed by atoms with van der Waals surface area (Å²) >= 11 is 0. The van der Waals surface area contributed by atoms with E-state index in [2.05, 4.69) is 153 Å². The monoisotopic (exact) mass is 950 g/mol. The molecule has 0 saturated heterocycles. The van der Waals surface area contributed by atoms with Crippen LogP contribution >= 0.6 is 0 Å². The van der Waals surface area contributed by atoms with Crippen molar-refractivity contribution in [3.63, 3.8) is 0 Å². The number of carbonyl (C=O) groups is 1. The Labute approximate surface area is 427 Å². The molecule has 0 aliphatic rings. The highest BCUT2D eigenvalue weighted by atomic mass is 16.3. The first-order valence-electron chi connectivity index (χ1n) is 28.5. The molecule has 0 heterocycles. The predicted molar refractivity (Wildman–Crippen MR) is 308 cm³/mol. The van der Waals surface area contributed by atoms with E-state index in [4.69, 9.17) is 0 Å². The topological polar surface area (TPSA) is 69.6 Å². The van der Waals surface area contributed by atoms with Crippen LogP contribution in [0.1, 0.15) is 239 Å². The van der Waals surface area contributed by atoms with Gasteiger partial charge < -0.3 is 15.5 Å². The number of hydrogen-bond donors (Lipinski definition) is 3. The van der Waals surface area contributed by atoms with E-state index in [1.807, 2.05) is 6.08 Å². The van der Waals surface area contributed by atoms with Crippen molar-refractivity contribution in [2.75, 3.05) is 6.61 Å². The van der Waals surface area contributed by atoms with Crippen LogP contribution in [0, 0.1) is 0 Å². The van der Waals surface area contributed by atoms with Crippen LogP contribution in [0.4, 0.5) is 0 Å². The molecule has 0 radical (unpaired) electrons. The number of aliphatic hydroxyl groups excluding tert-OH is 2. The summed E-state index contributed by atoms with van der Waals surface area (Å²) in [5, 5.41) is 23.1. The van der Waals surface area contributed by atoms with Gasteiger partial charge in [-0.2, -0.15) is 0 Å². The van der Waals surface area contributed by atoms with Crippen LogP contribution in [0.25, 0.3) is 0 Å². The third-order valence-electron chi connectivity index (χ3n) is 12.0. The van der Waals surface area contributed by atoms with Crippen molar-refractivity contribution < 1.29 is 15.0 Å². The first-order chi connectivity index (χ1) is 34.2. The average molecular weight is 951 g/mol. The van der Waals surface area contributed by atoms with E-state index in [-0.39, 0.29) is 12.5 Å². The number of unbranched alkanes of at least 4 members (excludes halogenated alkanes) is 21. The SMILES string of the molecule is CC/C=C\C/C=C\C/C=C\C/C=C\C/C=C\C/C=C\C/C=C\C/C=C\C/C=C\CCCCCCCC(=O)NC(CO)C(O)/C=C/CC/C=C/CC/C=C/CCCCCCCCCCCCCCCC. The van der Waals surface area contributed by atoms with E-state index in [1.54, 1.807) is 6.08 Å². The largest absolute Gasteiger partial charge is 0.394 e. The van der Waals surface area contributed by atoms with Gasteiger partial charge in [0.25, 0.3) is 0 Å². The highest BCUT2D eigenvalue weighted by Crippen LogP contribution is 2.14. The minimum Gasteiger partial charge on any atom is -0.394 e. The summed E-state index contributed by atoms with van der Waals surface area (Å²) in [7, 11) is 0. The molecular formula is C65H107NO3. The summed E-state index contributed by atoms with van der Waals surface area (Å²) in [6.45, 7) is 4.17. The lowest BCUT2D eigenvalue weighted by atomic mass is 10.0. The average Bonchev–Trinajstić information content (AvgIpc) is 3.35. The van der Waals surface area contributed by atoms with Gasteiger partial charge in [0, 0.05) is 6.42 Å². The summed E-state index contributed by atoms with van der Waals surface area (Å²) in [6, 6.07) is -0.669. The molecule has 1 amide bonds. The molecule has 2 atom stereocenters. The molecule has 2 unspecified atom stereocenters. The van der Waals surface area contributed by atoms with Crippen molar-refractivity contribution in [3.05, 3.63) is 146 Å². The van der Waals surface area contributed by atoms with Crippen molar-refractivity contribution in [1.29, 1.82) is 0 Å². The summed E-state index contributed by atoms with van der Waals surface area (Å²) in [4.78, 5) is 12.5. The van der Waals surface area contributed by atoms with Crippen molar-refractivity contribution in [2.45, 2.75) is 251 Å². The van der Waals surface area contributed by atoms with Gasteiger partial charge in [0.1, 0.15) is 0 Å². The lowest BCUT2D eigenvalue weighted by Crippen LogP contribution is -2.45. The molecule has 0 aromatic carbocycles. The molecule has 0 fully saturated rings. The zero-order valence-electron chi connectivity index (χ0n) is 44.8. The minimum atomic E-state index is -0.891.